The predicted octanol–water partition coefficient (Wildman–Crippen LogP) is 1.67. The summed E-state index contributed by atoms with van der Waals surface area (Å²) in [5, 5.41) is 3.90. The number of hydrogen-bond acceptors (Lipinski definition) is 6. The van der Waals surface area contributed by atoms with E-state index in [0.29, 0.717) is 24.0 Å². The topological polar surface area (TPSA) is 81.3 Å². The van der Waals surface area contributed by atoms with Crippen LogP contribution in [0.3, 0.4) is 0 Å². The Hall–Kier alpha value is -1.66. The van der Waals surface area contributed by atoms with Crippen molar-refractivity contribution in [3.63, 3.8) is 0 Å². The summed E-state index contributed by atoms with van der Waals surface area (Å²) >= 11 is 0. The van der Waals surface area contributed by atoms with Crippen LogP contribution in [0.25, 0.3) is 11.7 Å². The molecule has 0 spiro atoms. The fourth-order valence-electron chi connectivity index (χ4n) is 1.73. The molecule has 0 amide bonds. The van der Waals surface area contributed by atoms with Crippen molar-refractivity contribution in [3.05, 3.63) is 24.2 Å². The van der Waals surface area contributed by atoms with Gasteiger partial charge in [-0.3, -0.25) is 0 Å². The third-order valence-corrected chi connectivity index (χ3v) is 2.85. The first-order valence-electron chi connectivity index (χ1n) is 6.10. The molecule has 2 heterocycles. The van der Waals surface area contributed by atoms with Gasteiger partial charge in [0, 0.05) is 6.54 Å². The van der Waals surface area contributed by atoms with Crippen molar-refractivity contribution in [2.24, 2.45) is 5.73 Å². The summed E-state index contributed by atoms with van der Waals surface area (Å²) in [6.45, 7) is 6.81. The Morgan fingerprint density at radius 3 is 2.78 bits per heavy atom. The molecule has 0 fully saturated rings. The van der Waals surface area contributed by atoms with Gasteiger partial charge in [-0.2, -0.15) is 4.98 Å². The summed E-state index contributed by atoms with van der Waals surface area (Å²) in [5.41, 5.74) is 6.06. The van der Waals surface area contributed by atoms with Gasteiger partial charge in [-0.1, -0.05) is 19.0 Å². The number of nitrogens with zero attached hydrogens (tertiary/aromatic N) is 3. The van der Waals surface area contributed by atoms with E-state index in [1.807, 2.05) is 0 Å². The minimum absolute atomic E-state index is 0.252. The predicted molar refractivity (Wildman–Crippen MR) is 66.7 cm³/mol. The molecule has 0 aliphatic rings. The molecule has 0 aliphatic heterocycles. The largest absolute Gasteiger partial charge is 0.459 e. The summed E-state index contributed by atoms with van der Waals surface area (Å²) in [6.07, 6.45) is 1.56. The van der Waals surface area contributed by atoms with Crippen LogP contribution in [0.2, 0.25) is 0 Å². The van der Waals surface area contributed by atoms with E-state index in [1.54, 1.807) is 18.4 Å². The molecule has 0 radical (unpaired) electrons. The third-order valence-electron chi connectivity index (χ3n) is 2.85. The molecule has 1 unspecified atom stereocenters. The highest BCUT2D eigenvalue weighted by Crippen LogP contribution is 2.19. The number of likely N-dealkylation sites (N-methyl/N-ethyl adjacent to an activating group) is 1. The van der Waals surface area contributed by atoms with E-state index in [9.17, 15) is 0 Å². The molecule has 2 N–H and O–H groups in total. The van der Waals surface area contributed by atoms with E-state index in [2.05, 4.69) is 28.9 Å². The second kappa shape index (κ2) is 5.79. The fraction of sp³-hybridized carbons (Fsp3) is 0.500. The van der Waals surface area contributed by atoms with Crippen molar-refractivity contribution >= 4 is 0 Å². The summed E-state index contributed by atoms with van der Waals surface area (Å²) < 4.78 is 10.3. The normalized spacial score (nSPS) is 13.1. The monoisotopic (exact) mass is 250 g/mol. The fourth-order valence-corrected chi connectivity index (χ4v) is 1.73. The van der Waals surface area contributed by atoms with Crippen molar-refractivity contribution in [1.82, 2.24) is 15.0 Å². The Bertz CT molecular complexity index is 462. The Morgan fingerprint density at radius 2 is 2.17 bits per heavy atom. The molecule has 0 aliphatic carbocycles. The molecule has 0 saturated heterocycles. The van der Waals surface area contributed by atoms with Gasteiger partial charge in [0.2, 0.25) is 0 Å². The molecule has 18 heavy (non-hydrogen) atoms. The van der Waals surface area contributed by atoms with Gasteiger partial charge in [-0.25, -0.2) is 0 Å². The lowest BCUT2D eigenvalue weighted by Crippen LogP contribution is -2.32. The van der Waals surface area contributed by atoms with E-state index in [-0.39, 0.29) is 6.04 Å². The maximum Gasteiger partial charge on any atom is 0.293 e. The van der Waals surface area contributed by atoms with E-state index in [4.69, 9.17) is 14.7 Å². The van der Waals surface area contributed by atoms with Crippen LogP contribution < -0.4 is 5.73 Å². The number of hydrogen-bond donors (Lipinski definition) is 1. The summed E-state index contributed by atoms with van der Waals surface area (Å²) in [6, 6.07) is 3.29. The molecule has 1 atom stereocenters. The zero-order valence-corrected chi connectivity index (χ0v) is 10.7. The second-order valence-electron chi connectivity index (χ2n) is 4.03. The second-order valence-corrected chi connectivity index (χ2v) is 4.03. The van der Waals surface area contributed by atoms with Gasteiger partial charge < -0.3 is 19.6 Å². The first-order chi connectivity index (χ1) is 8.74. The Labute approximate surface area is 106 Å². The minimum Gasteiger partial charge on any atom is -0.459 e. The summed E-state index contributed by atoms with van der Waals surface area (Å²) in [4.78, 5) is 6.47. The molecule has 0 aromatic carbocycles. The first-order valence-corrected chi connectivity index (χ1v) is 6.10. The highest BCUT2D eigenvalue weighted by Gasteiger charge is 2.18. The summed E-state index contributed by atoms with van der Waals surface area (Å²) in [7, 11) is 0. The number of furan rings is 1. The van der Waals surface area contributed by atoms with Gasteiger partial charge in [-0.05, 0) is 25.2 Å². The van der Waals surface area contributed by atoms with Gasteiger partial charge in [0.25, 0.3) is 5.89 Å². The minimum atomic E-state index is -0.252. The summed E-state index contributed by atoms with van der Waals surface area (Å²) in [5.74, 6) is 1.43. The SMILES string of the molecule is CCN(CC)CC(N)c1noc(-c2ccco2)n1. The molecule has 0 saturated carbocycles. The van der Waals surface area contributed by atoms with Crippen LogP contribution in [0.5, 0.6) is 0 Å². The van der Waals surface area contributed by atoms with E-state index < -0.39 is 0 Å². The molecule has 6 nitrogen and oxygen atoms in total. The van der Waals surface area contributed by atoms with Crippen LogP contribution in [0.4, 0.5) is 0 Å². The first kappa shape index (κ1) is 12.8. The molecule has 98 valence electrons. The lowest BCUT2D eigenvalue weighted by atomic mass is 10.2. The van der Waals surface area contributed by atoms with Crippen LogP contribution in [0.15, 0.2) is 27.3 Å². The van der Waals surface area contributed by atoms with Crippen LogP contribution >= 0.6 is 0 Å². The van der Waals surface area contributed by atoms with Gasteiger partial charge in [-0.15, -0.1) is 0 Å². The smallest absolute Gasteiger partial charge is 0.293 e. The van der Waals surface area contributed by atoms with Crippen molar-refractivity contribution in [2.45, 2.75) is 19.9 Å². The van der Waals surface area contributed by atoms with Crippen molar-refractivity contribution in [1.29, 1.82) is 0 Å². The number of aromatic nitrogens is 2. The highest BCUT2D eigenvalue weighted by atomic mass is 16.5. The zero-order valence-electron chi connectivity index (χ0n) is 10.7. The van der Waals surface area contributed by atoms with E-state index in [1.165, 1.54) is 0 Å². The van der Waals surface area contributed by atoms with Crippen LogP contribution in [0.1, 0.15) is 25.7 Å². The van der Waals surface area contributed by atoms with Gasteiger partial charge in [0.05, 0.1) is 12.3 Å². The molecule has 0 bridgehead atoms. The van der Waals surface area contributed by atoms with Crippen molar-refractivity contribution < 1.29 is 8.94 Å². The van der Waals surface area contributed by atoms with Crippen molar-refractivity contribution in [3.8, 4) is 11.7 Å². The molecule has 2 aromatic heterocycles. The molecule has 2 rings (SSSR count). The molecule has 6 heteroatoms. The van der Waals surface area contributed by atoms with E-state index in [0.717, 1.165) is 13.1 Å². The van der Waals surface area contributed by atoms with Gasteiger partial charge in [0.1, 0.15) is 0 Å². The lowest BCUT2D eigenvalue weighted by molar-refractivity contribution is 0.278. The Kier molecular flexibility index (Phi) is 4.11. The quantitative estimate of drug-likeness (QED) is 0.839. The Morgan fingerprint density at radius 1 is 1.39 bits per heavy atom. The number of nitrogens with two attached hydrogens (primary N) is 1. The van der Waals surface area contributed by atoms with Crippen molar-refractivity contribution in [2.75, 3.05) is 19.6 Å². The van der Waals surface area contributed by atoms with Gasteiger partial charge >= 0.3 is 0 Å². The molecular weight excluding hydrogens is 232 g/mol. The number of rotatable bonds is 6. The maximum absolute atomic E-state index is 6.06. The molecular formula is C12H18N4O2. The average Bonchev–Trinajstić information content (AvgIpc) is 3.04. The standard InChI is InChI=1S/C12H18N4O2/c1-3-16(4-2)8-9(13)11-14-12(18-15-11)10-6-5-7-17-10/h5-7,9H,3-4,8,13H2,1-2H3. The third kappa shape index (κ3) is 2.77. The Balaban J connectivity index is 2.05. The van der Waals surface area contributed by atoms with Crippen LogP contribution in [-0.4, -0.2) is 34.7 Å². The molecule has 2 aromatic rings. The average molecular weight is 250 g/mol. The van der Waals surface area contributed by atoms with Crippen LogP contribution in [-0.2, 0) is 0 Å². The van der Waals surface area contributed by atoms with Gasteiger partial charge in [0.15, 0.2) is 11.6 Å². The lowest BCUT2D eigenvalue weighted by Gasteiger charge is -2.20. The van der Waals surface area contributed by atoms with Crippen LogP contribution in [0, 0.1) is 0 Å². The van der Waals surface area contributed by atoms with E-state index >= 15 is 0 Å². The highest BCUT2D eigenvalue weighted by molar-refractivity contribution is 5.42. The zero-order chi connectivity index (χ0) is 13.0. The maximum atomic E-state index is 6.06.